The van der Waals surface area contributed by atoms with Crippen LogP contribution in [0.5, 0.6) is 0 Å². The van der Waals surface area contributed by atoms with Crippen molar-refractivity contribution in [2.24, 2.45) is 0 Å². The van der Waals surface area contributed by atoms with E-state index in [0.29, 0.717) is 5.56 Å². The van der Waals surface area contributed by atoms with Gasteiger partial charge in [0.2, 0.25) is 0 Å². The molecule has 0 radical (unpaired) electrons. The summed E-state index contributed by atoms with van der Waals surface area (Å²) in [6.45, 7) is 1.50. The maximum atomic E-state index is 11.6. The lowest BCUT2D eigenvalue weighted by atomic mass is 10.1. The highest BCUT2D eigenvalue weighted by molar-refractivity contribution is 14.1. The van der Waals surface area contributed by atoms with Gasteiger partial charge in [-0.15, -0.1) is 0 Å². The number of benzene rings is 1. The van der Waals surface area contributed by atoms with E-state index in [4.69, 9.17) is 0 Å². The van der Waals surface area contributed by atoms with Gasteiger partial charge in [0, 0.05) is 17.9 Å². The highest BCUT2D eigenvalue weighted by atomic mass is 127. The summed E-state index contributed by atoms with van der Waals surface area (Å²) in [7, 11) is -3.37. The van der Waals surface area contributed by atoms with Gasteiger partial charge >= 0.3 is 0 Å². The van der Waals surface area contributed by atoms with Crippen LogP contribution in [0.15, 0.2) is 24.3 Å². The largest absolute Gasteiger partial charge is 0.386 e. The second-order valence-corrected chi connectivity index (χ2v) is 8.19. The van der Waals surface area contributed by atoms with E-state index >= 15 is 0 Å². The molecule has 0 spiro atoms. The highest BCUT2D eigenvalue weighted by Gasteiger charge is 2.29. The van der Waals surface area contributed by atoms with E-state index in [0.717, 1.165) is 0 Å². The Bertz CT molecular complexity index is 528. The summed E-state index contributed by atoms with van der Waals surface area (Å²) in [6.07, 6.45) is -1.20. The molecular formula is C10H12INO5S. The molecule has 2 atom stereocenters. The number of non-ortho nitro benzene ring substituents is 1. The molecule has 0 aliphatic heterocycles. The van der Waals surface area contributed by atoms with Crippen LogP contribution in [0.4, 0.5) is 5.69 Å². The third-order valence-electron chi connectivity index (χ3n) is 2.44. The van der Waals surface area contributed by atoms with Crippen molar-refractivity contribution >= 4 is 38.1 Å². The van der Waals surface area contributed by atoms with Crippen LogP contribution in [-0.4, -0.2) is 27.5 Å². The van der Waals surface area contributed by atoms with Crippen LogP contribution < -0.4 is 0 Å². The lowest BCUT2D eigenvalue weighted by Gasteiger charge is -2.17. The van der Waals surface area contributed by atoms with E-state index in [1.165, 1.54) is 31.2 Å². The minimum absolute atomic E-state index is 0.0648. The Kier molecular flexibility index (Phi) is 5.05. The Morgan fingerprint density at radius 1 is 1.39 bits per heavy atom. The van der Waals surface area contributed by atoms with Crippen LogP contribution in [0.25, 0.3) is 0 Å². The molecular weight excluding hydrogens is 373 g/mol. The fourth-order valence-electron chi connectivity index (χ4n) is 1.30. The normalized spacial score (nSPS) is 15.1. The average Bonchev–Trinajstić information content (AvgIpc) is 2.37. The third kappa shape index (κ3) is 3.39. The predicted octanol–water partition coefficient (Wildman–Crippen LogP) is 1.82. The lowest BCUT2D eigenvalue weighted by molar-refractivity contribution is -0.384. The molecule has 8 heteroatoms. The van der Waals surface area contributed by atoms with Crippen molar-refractivity contribution in [2.75, 3.05) is 5.75 Å². The molecule has 0 saturated carbocycles. The Balaban J connectivity index is 2.98. The van der Waals surface area contributed by atoms with E-state index < -0.39 is 24.1 Å². The molecule has 0 fully saturated rings. The van der Waals surface area contributed by atoms with Crippen molar-refractivity contribution in [3.8, 4) is 0 Å². The molecule has 18 heavy (non-hydrogen) atoms. The summed E-state index contributed by atoms with van der Waals surface area (Å²) < 4.78 is 22.3. The summed E-state index contributed by atoms with van der Waals surface area (Å²) in [5.41, 5.74) is 0.242. The van der Waals surface area contributed by atoms with Gasteiger partial charge in [0.05, 0.1) is 4.92 Å². The first-order valence-electron chi connectivity index (χ1n) is 5.07. The zero-order valence-corrected chi connectivity index (χ0v) is 12.5. The van der Waals surface area contributed by atoms with E-state index in [-0.39, 0.29) is 11.4 Å². The molecule has 0 amide bonds. The van der Waals surface area contributed by atoms with Crippen molar-refractivity contribution in [1.29, 1.82) is 0 Å². The summed E-state index contributed by atoms with van der Waals surface area (Å²) in [6, 6.07) is 5.19. The molecule has 0 saturated heterocycles. The summed E-state index contributed by atoms with van der Waals surface area (Å²) >= 11 is 1.66. The first kappa shape index (κ1) is 15.3. The summed E-state index contributed by atoms with van der Waals surface area (Å²) in [5.74, 6) is -0.0648. The Morgan fingerprint density at radius 2 is 1.89 bits per heavy atom. The number of rotatable bonds is 5. The smallest absolute Gasteiger partial charge is 0.269 e. The molecule has 0 unspecified atom stereocenters. The van der Waals surface area contributed by atoms with Gasteiger partial charge in [0.15, 0.2) is 9.84 Å². The topological polar surface area (TPSA) is 97.5 Å². The molecule has 0 aliphatic rings. The van der Waals surface area contributed by atoms with Gasteiger partial charge in [-0.3, -0.25) is 10.1 Å². The number of nitro groups is 1. The number of hydrogen-bond acceptors (Lipinski definition) is 5. The zero-order chi connectivity index (χ0) is 13.9. The van der Waals surface area contributed by atoms with Crippen molar-refractivity contribution < 1.29 is 18.4 Å². The standard InChI is InChI=1S/C10H12INO5S/c1-2-18(16,17)10(11)9(13)7-3-5-8(6-4-7)12(14)15/h3-6,9-10,13H,2H2,1H3/t9-,10-/m1/s1. The van der Waals surface area contributed by atoms with E-state index in [9.17, 15) is 23.6 Å². The second-order valence-electron chi connectivity index (χ2n) is 3.60. The fraction of sp³-hybridized carbons (Fsp3) is 0.400. The van der Waals surface area contributed by atoms with Crippen molar-refractivity contribution in [1.82, 2.24) is 0 Å². The number of nitro benzene ring substituents is 1. The van der Waals surface area contributed by atoms with Crippen LogP contribution >= 0.6 is 22.6 Å². The third-order valence-corrected chi connectivity index (χ3v) is 7.19. The Labute approximate surface area is 118 Å². The SMILES string of the molecule is CCS(=O)(=O)[C@@H](I)[C@H](O)c1ccc([N+](=O)[O-])cc1. The molecule has 1 aromatic rings. The molecule has 0 aromatic heterocycles. The molecule has 1 aromatic carbocycles. The molecule has 0 aliphatic carbocycles. The maximum absolute atomic E-state index is 11.6. The molecule has 1 N–H and O–H groups in total. The van der Waals surface area contributed by atoms with Crippen LogP contribution in [0.2, 0.25) is 0 Å². The minimum Gasteiger partial charge on any atom is -0.386 e. The van der Waals surface area contributed by atoms with Gasteiger partial charge in [-0.2, -0.15) is 0 Å². The van der Waals surface area contributed by atoms with Crippen LogP contribution in [0, 0.1) is 10.1 Å². The maximum Gasteiger partial charge on any atom is 0.269 e. The van der Waals surface area contributed by atoms with Gasteiger partial charge < -0.3 is 5.11 Å². The number of alkyl halides is 1. The monoisotopic (exact) mass is 385 g/mol. The summed E-state index contributed by atoms with van der Waals surface area (Å²) in [5, 5.41) is 20.4. The van der Waals surface area contributed by atoms with Gasteiger partial charge in [-0.25, -0.2) is 8.42 Å². The molecule has 6 nitrogen and oxygen atoms in total. The zero-order valence-electron chi connectivity index (χ0n) is 9.48. The minimum atomic E-state index is -3.37. The van der Waals surface area contributed by atoms with Crippen LogP contribution in [-0.2, 0) is 9.84 Å². The first-order chi connectivity index (χ1) is 8.29. The van der Waals surface area contributed by atoms with Gasteiger partial charge in [0.1, 0.15) is 9.36 Å². The number of halogens is 1. The number of aliphatic hydroxyl groups excluding tert-OH is 1. The number of nitrogens with zero attached hydrogens (tertiary/aromatic N) is 1. The Hall–Kier alpha value is -0.740. The fourth-order valence-corrected chi connectivity index (χ4v) is 3.66. The van der Waals surface area contributed by atoms with Crippen LogP contribution in [0.3, 0.4) is 0 Å². The van der Waals surface area contributed by atoms with Gasteiger partial charge in [0.25, 0.3) is 5.69 Å². The first-order valence-corrected chi connectivity index (χ1v) is 8.03. The average molecular weight is 385 g/mol. The quantitative estimate of drug-likeness (QED) is 0.361. The van der Waals surface area contributed by atoms with E-state index in [2.05, 4.69) is 0 Å². The Morgan fingerprint density at radius 3 is 2.28 bits per heavy atom. The second kappa shape index (κ2) is 5.93. The van der Waals surface area contributed by atoms with E-state index in [1.807, 2.05) is 0 Å². The molecule has 0 bridgehead atoms. The number of aliphatic hydroxyl groups is 1. The van der Waals surface area contributed by atoms with Crippen molar-refractivity contribution in [3.05, 3.63) is 39.9 Å². The molecule has 1 rings (SSSR count). The van der Waals surface area contributed by atoms with Crippen LogP contribution in [0.1, 0.15) is 18.6 Å². The number of sulfone groups is 1. The number of hydrogen-bond donors (Lipinski definition) is 1. The van der Waals surface area contributed by atoms with Gasteiger partial charge in [-0.05, 0) is 17.7 Å². The summed E-state index contributed by atoms with van der Waals surface area (Å²) in [4.78, 5) is 9.91. The molecule has 0 heterocycles. The lowest BCUT2D eigenvalue weighted by Crippen LogP contribution is -2.24. The van der Waals surface area contributed by atoms with E-state index in [1.54, 1.807) is 22.6 Å². The highest BCUT2D eigenvalue weighted by Crippen LogP contribution is 2.28. The molecule has 100 valence electrons. The predicted molar refractivity (Wildman–Crippen MR) is 75.3 cm³/mol. The van der Waals surface area contributed by atoms with Crippen molar-refractivity contribution in [2.45, 2.75) is 16.3 Å². The van der Waals surface area contributed by atoms with Crippen molar-refractivity contribution in [3.63, 3.8) is 0 Å². The van der Waals surface area contributed by atoms with Gasteiger partial charge in [-0.1, -0.05) is 29.5 Å².